The van der Waals surface area contributed by atoms with Crippen molar-refractivity contribution < 1.29 is 19.0 Å². The Balaban J connectivity index is 2.09. The van der Waals surface area contributed by atoms with Crippen LogP contribution in [0.2, 0.25) is 0 Å². The molecular weight excluding hydrogens is 276 g/mol. The number of carbonyl (C=O) groups excluding carboxylic acids is 1. The summed E-state index contributed by atoms with van der Waals surface area (Å²) >= 11 is 3.31. The van der Waals surface area contributed by atoms with Crippen LogP contribution in [0, 0.1) is 0 Å². The zero-order chi connectivity index (χ0) is 11.5. The van der Waals surface area contributed by atoms with Gasteiger partial charge in [-0.15, -0.1) is 0 Å². The smallest absolute Gasteiger partial charge is 0.308 e. The maximum absolute atomic E-state index is 10.9. The number of rotatable bonds is 4. The second-order valence-electron chi connectivity index (χ2n) is 3.45. The first-order chi connectivity index (χ1) is 7.65. The van der Waals surface area contributed by atoms with Crippen LogP contribution in [-0.2, 0) is 9.53 Å². The molecule has 16 heavy (non-hydrogen) atoms. The molecule has 1 aromatic rings. The highest BCUT2D eigenvalue weighted by molar-refractivity contribution is 9.10. The minimum atomic E-state index is -0.370. The molecule has 0 bridgehead atoms. The summed E-state index contributed by atoms with van der Waals surface area (Å²) in [6.45, 7) is 2.57. The summed E-state index contributed by atoms with van der Waals surface area (Å²) < 4.78 is 16.4. The van der Waals surface area contributed by atoms with E-state index in [0.717, 1.165) is 11.1 Å². The van der Waals surface area contributed by atoms with Crippen molar-refractivity contribution in [3.05, 3.63) is 22.7 Å². The van der Waals surface area contributed by atoms with Crippen LogP contribution >= 0.6 is 15.9 Å². The van der Waals surface area contributed by atoms with Gasteiger partial charge in [0, 0.05) is 11.4 Å². The van der Waals surface area contributed by atoms with Crippen LogP contribution in [0.5, 0.6) is 11.5 Å². The minimum absolute atomic E-state index is 0.175. The highest BCUT2D eigenvalue weighted by Gasteiger charge is 2.23. The summed E-state index contributed by atoms with van der Waals surface area (Å²) in [4.78, 5) is 10.9. The average molecular weight is 287 g/mol. The van der Waals surface area contributed by atoms with E-state index in [1.165, 1.54) is 6.92 Å². The van der Waals surface area contributed by atoms with Gasteiger partial charge in [-0.25, -0.2) is 0 Å². The highest BCUT2D eigenvalue weighted by Crippen LogP contribution is 2.31. The molecule has 1 heterocycles. The first-order valence-electron chi connectivity index (χ1n) is 4.87. The lowest BCUT2D eigenvalue weighted by atomic mass is 10.3. The molecule has 1 aliphatic rings. The van der Waals surface area contributed by atoms with Gasteiger partial charge in [0.25, 0.3) is 0 Å². The molecule has 0 radical (unpaired) electrons. The molecular formula is C11H11BrO4. The third-order valence-corrected chi connectivity index (χ3v) is 2.48. The van der Waals surface area contributed by atoms with Crippen molar-refractivity contribution in [1.82, 2.24) is 0 Å². The van der Waals surface area contributed by atoms with Crippen LogP contribution in [0.15, 0.2) is 22.7 Å². The summed E-state index contributed by atoms with van der Waals surface area (Å²) in [6, 6.07) is 5.28. The molecule has 1 saturated heterocycles. The number of benzene rings is 1. The Bertz CT molecular complexity index is 401. The normalized spacial score (nSPS) is 18.0. The number of esters is 1. The largest absolute Gasteiger partial charge is 0.487 e. The number of halogens is 1. The third kappa shape index (κ3) is 3.21. The summed E-state index contributed by atoms with van der Waals surface area (Å²) in [5, 5.41) is 0. The molecule has 0 aliphatic carbocycles. The first-order valence-corrected chi connectivity index (χ1v) is 5.67. The monoisotopic (exact) mass is 286 g/mol. The van der Waals surface area contributed by atoms with Gasteiger partial charge >= 0.3 is 5.97 Å². The van der Waals surface area contributed by atoms with Gasteiger partial charge in [0.05, 0.1) is 6.61 Å². The zero-order valence-electron chi connectivity index (χ0n) is 8.73. The first kappa shape index (κ1) is 11.4. The van der Waals surface area contributed by atoms with E-state index in [2.05, 4.69) is 15.9 Å². The number of carbonyl (C=O) groups is 1. The van der Waals surface area contributed by atoms with E-state index in [9.17, 15) is 4.79 Å². The fourth-order valence-corrected chi connectivity index (χ4v) is 1.52. The standard InChI is InChI=1S/C11H11BrO4/c1-7(13)16-11-4-8(12)2-3-10(11)15-6-9-5-14-9/h2-4,9H,5-6H2,1H3. The highest BCUT2D eigenvalue weighted by atomic mass is 79.9. The summed E-state index contributed by atoms with van der Waals surface area (Å²) in [7, 11) is 0. The summed E-state index contributed by atoms with van der Waals surface area (Å²) in [6.07, 6.45) is 0.175. The van der Waals surface area contributed by atoms with Gasteiger partial charge in [-0.05, 0) is 18.2 Å². The van der Waals surface area contributed by atoms with Gasteiger partial charge < -0.3 is 14.2 Å². The summed E-state index contributed by atoms with van der Waals surface area (Å²) in [5.74, 6) is 0.599. The van der Waals surface area contributed by atoms with Crippen LogP contribution < -0.4 is 9.47 Å². The van der Waals surface area contributed by atoms with Crippen molar-refractivity contribution in [2.45, 2.75) is 13.0 Å². The molecule has 1 fully saturated rings. The Kier molecular flexibility index (Phi) is 3.46. The van der Waals surface area contributed by atoms with E-state index >= 15 is 0 Å². The molecule has 86 valence electrons. The SMILES string of the molecule is CC(=O)Oc1cc(Br)ccc1OCC1CO1. The van der Waals surface area contributed by atoms with Gasteiger partial charge in [-0.2, -0.15) is 0 Å². The maximum Gasteiger partial charge on any atom is 0.308 e. The van der Waals surface area contributed by atoms with Gasteiger partial charge in [-0.1, -0.05) is 15.9 Å². The van der Waals surface area contributed by atoms with E-state index in [-0.39, 0.29) is 12.1 Å². The van der Waals surface area contributed by atoms with Crippen molar-refractivity contribution in [2.75, 3.05) is 13.2 Å². The van der Waals surface area contributed by atoms with E-state index in [0.29, 0.717) is 18.1 Å². The Morgan fingerprint density at radius 2 is 2.31 bits per heavy atom. The Morgan fingerprint density at radius 3 is 2.94 bits per heavy atom. The molecule has 5 heteroatoms. The minimum Gasteiger partial charge on any atom is -0.487 e. The van der Waals surface area contributed by atoms with Crippen molar-refractivity contribution in [3.63, 3.8) is 0 Å². The Morgan fingerprint density at radius 1 is 1.56 bits per heavy atom. The third-order valence-electron chi connectivity index (χ3n) is 1.99. The van der Waals surface area contributed by atoms with Crippen molar-refractivity contribution in [3.8, 4) is 11.5 Å². The van der Waals surface area contributed by atoms with Gasteiger partial charge in [0.15, 0.2) is 11.5 Å². The van der Waals surface area contributed by atoms with E-state index in [1.807, 2.05) is 6.07 Å². The predicted molar refractivity (Wildman–Crippen MR) is 60.7 cm³/mol. The van der Waals surface area contributed by atoms with Gasteiger partial charge in [0.2, 0.25) is 0 Å². The van der Waals surface area contributed by atoms with E-state index in [1.54, 1.807) is 12.1 Å². The van der Waals surface area contributed by atoms with Gasteiger partial charge in [0.1, 0.15) is 12.7 Å². The van der Waals surface area contributed by atoms with Crippen LogP contribution in [0.4, 0.5) is 0 Å². The second kappa shape index (κ2) is 4.84. The van der Waals surface area contributed by atoms with Crippen LogP contribution in [0.3, 0.4) is 0 Å². The topological polar surface area (TPSA) is 48.1 Å². The molecule has 0 spiro atoms. The molecule has 1 aromatic carbocycles. The molecule has 1 aliphatic heterocycles. The quantitative estimate of drug-likeness (QED) is 0.483. The lowest BCUT2D eigenvalue weighted by molar-refractivity contribution is -0.132. The lowest BCUT2D eigenvalue weighted by Gasteiger charge is -2.10. The van der Waals surface area contributed by atoms with Crippen LogP contribution in [0.1, 0.15) is 6.92 Å². The number of hydrogen-bond acceptors (Lipinski definition) is 4. The zero-order valence-corrected chi connectivity index (χ0v) is 10.3. The number of hydrogen-bond donors (Lipinski definition) is 0. The molecule has 0 aromatic heterocycles. The van der Waals surface area contributed by atoms with E-state index < -0.39 is 0 Å². The molecule has 2 rings (SSSR count). The fourth-order valence-electron chi connectivity index (χ4n) is 1.18. The maximum atomic E-state index is 10.9. The van der Waals surface area contributed by atoms with E-state index in [4.69, 9.17) is 14.2 Å². The summed E-state index contributed by atoms with van der Waals surface area (Å²) in [5.41, 5.74) is 0. The van der Waals surface area contributed by atoms with Crippen molar-refractivity contribution >= 4 is 21.9 Å². The number of ether oxygens (including phenoxy) is 3. The van der Waals surface area contributed by atoms with Crippen LogP contribution in [-0.4, -0.2) is 25.3 Å². The van der Waals surface area contributed by atoms with Gasteiger partial charge in [-0.3, -0.25) is 4.79 Å². The fraction of sp³-hybridized carbons (Fsp3) is 0.364. The molecule has 1 atom stereocenters. The molecule has 0 N–H and O–H groups in total. The Labute approximate surface area is 102 Å². The molecule has 4 nitrogen and oxygen atoms in total. The van der Waals surface area contributed by atoms with Crippen molar-refractivity contribution in [1.29, 1.82) is 0 Å². The van der Waals surface area contributed by atoms with Crippen LogP contribution in [0.25, 0.3) is 0 Å². The Hall–Kier alpha value is -1.07. The molecule has 1 unspecified atom stereocenters. The van der Waals surface area contributed by atoms with Crippen molar-refractivity contribution in [2.24, 2.45) is 0 Å². The second-order valence-corrected chi connectivity index (χ2v) is 4.37. The predicted octanol–water partition coefficient (Wildman–Crippen LogP) is 2.15. The average Bonchev–Trinajstić information content (AvgIpc) is 2.99. The molecule has 0 amide bonds. The number of epoxide rings is 1. The lowest BCUT2D eigenvalue weighted by Crippen LogP contribution is -2.07. The molecule has 0 saturated carbocycles.